The Morgan fingerprint density at radius 2 is 1.00 bits per heavy atom. The molecule has 2 N–H and O–H groups in total. The Morgan fingerprint density at radius 1 is 0.581 bits per heavy atom. The SMILES string of the molecule is CC/C=C\C/C=C\C/C=C\C/C=C\C/C=C\CCCCCCCCCCCCCCCC(=O)NC(COP(=O)([O-])OCC[N+](C)(C)C)C(O)/C=C/CC/C=C/CC/C=C/CCC. The van der Waals surface area contributed by atoms with Gasteiger partial charge in [0.25, 0.3) is 7.82 Å². The predicted octanol–water partition coefficient (Wildman–Crippen LogP) is 13.7. The second-order valence-corrected chi connectivity index (χ2v) is 18.8. The van der Waals surface area contributed by atoms with Crippen molar-refractivity contribution in [1.82, 2.24) is 5.32 Å². The average molecular weight is 885 g/mol. The van der Waals surface area contributed by atoms with Crippen molar-refractivity contribution in [2.45, 2.75) is 193 Å². The number of phosphoric ester groups is 1. The molecule has 0 bridgehead atoms. The lowest BCUT2D eigenvalue weighted by molar-refractivity contribution is -0.870. The minimum absolute atomic E-state index is 0.0137. The molecule has 0 saturated heterocycles. The molecule has 0 aliphatic carbocycles. The van der Waals surface area contributed by atoms with E-state index in [0.29, 0.717) is 17.4 Å². The van der Waals surface area contributed by atoms with Crippen LogP contribution in [0.15, 0.2) is 97.2 Å². The Bertz CT molecular complexity index is 1330. The Kier molecular flexibility index (Phi) is 41.8. The molecule has 0 aromatic heterocycles. The molecule has 0 radical (unpaired) electrons. The highest BCUT2D eigenvalue weighted by Crippen LogP contribution is 2.38. The van der Waals surface area contributed by atoms with Crippen LogP contribution in [-0.2, 0) is 18.4 Å². The van der Waals surface area contributed by atoms with Gasteiger partial charge in [-0.2, -0.15) is 0 Å². The number of likely N-dealkylation sites (N-methyl/N-ethyl adjacent to an activating group) is 1. The number of nitrogens with zero attached hydrogens (tertiary/aromatic N) is 1. The second-order valence-electron chi connectivity index (χ2n) is 17.4. The van der Waals surface area contributed by atoms with Crippen LogP contribution in [0.25, 0.3) is 0 Å². The van der Waals surface area contributed by atoms with Gasteiger partial charge in [0, 0.05) is 6.42 Å². The van der Waals surface area contributed by atoms with Gasteiger partial charge in [-0.3, -0.25) is 9.36 Å². The molecule has 0 aliphatic rings. The second kappa shape index (κ2) is 43.7. The van der Waals surface area contributed by atoms with E-state index in [1.165, 1.54) is 70.6 Å². The first-order chi connectivity index (χ1) is 30.0. The molecule has 0 aromatic carbocycles. The molecule has 356 valence electrons. The number of allylic oxidation sites excluding steroid dienone is 15. The molecular weight excluding hydrogens is 792 g/mol. The first-order valence-electron chi connectivity index (χ1n) is 24.6. The van der Waals surface area contributed by atoms with Crippen LogP contribution in [0.2, 0.25) is 0 Å². The van der Waals surface area contributed by atoms with Gasteiger partial charge in [0.1, 0.15) is 13.2 Å². The number of nitrogens with one attached hydrogen (secondary N) is 1. The summed E-state index contributed by atoms with van der Waals surface area (Å²) in [5.41, 5.74) is 0. The minimum atomic E-state index is -4.60. The van der Waals surface area contributed by atoms with Crippen molar-refractivity contribution in [3.8, 4) is 0 Å². The lowest BCUT2D eigenvalue weighted by atomic mass is 10.0. The summed E-state index contributed by atoms with van der Waals surface area (Å²) in [4.78, 5) is 25.3. The fraction of sp³-hybridized carbons (Fsp3) is 0.679. The van der Waals surface area contributed by atoms with Crippen LogP contribution < -0.4 is 10.2 Å². The van der Waals surface area contributed by atoms with E-state index in [1.54, 1.807) is 6.08 Å². The summed E-state index contributed by atoms with van der Waals surface area (Å²) in [5, 5.41) is 13.7. The quantitative estimate of drug-likeness (QED) is 0.0273. The number of unbranched alkanes of at least 4 members (excludes halogenated alkanes) is 16. The van der Waals surface area contributed by atoms with Crippen molar-refractivity contribution in [1.29, 1.82) is 0 Å². The van der Waals surface area contributed by atoms with Crippen molar-refractivity contribution in [3.05, 3.63) is 97.2 Å². The highest BCUT2D eigenvalue weighted by molar-refractivity contribution is 7.45. The number of carbonyl (C=O) groups is 1. The minimum Gasteiger partial charge on any atom is -0.756 e. The first kappa shape index (κ1) is 59.4. The normalized spacial score (nSPS) is 15.0. The van der Waals surface area contributed by atoms with Crippen LogP contribution in [0.4, 0.5) is 0 Å². The van der Waals surface area contributed by atoms with Crippen LogP contribution in [0.1, 0.15) is 181 Å². The van der Waals surface area contributed by atoms with Crippen molar-refractivity contribution in [2.75, 3.05) is 40.9 Å². The van der Waals surface area contributed by atoms with Gasteiger partial charge in [-0.15, -0.1) is 0 Å². The number of amides is 1. The number of hydrogen-bond donors (Lipinski definition) is 2. The zero-order valence-electron chi connectivity index (χ0n) is 40.3. The van der Waals surface area contributed by atoms with Crippen molar-refractivity contribution in [3.63, 3.8) is 0 Å². The van der Waals surface area contributed by atoms with Crippen molar-refractivity contribution < 1.29 is 32.9 Å². The molecule has 3 atom stereocenters. The maximum atomic E-state index is 12.9. The molecule has 9 heteroatoms. The molecule has 0 rings (SSSR count). The summed E-state index contributed by atoms with van der Waals surface area (Å²) in [6.07, 6.45) is 61.9. The van der Waals surface area contributed by atoms with E-state index in [4.69, 9.17) is 9.05 Å². The molecule has 0 fully saturated rings. The topological polar surface area (TPSA) is 108 Å². The van der Waals surface area contributed by atoms with Gasteiger partial charge in [0.2, 0.25) is 5.91 Å². The Balaban J connectivity index is 4.18. The van der Waals surface area contributed by atoms with Gasteiger partial charge in [0.05, 0.1) is 39.9 Å². The molecule has 0 heterocycles. The van der Waals surface area contributed by atoms with Crippen LogP contribution in [-0.4, -0.2) is 68.5 Å². The molecule has 0 spiro atoms. The summed E-state index contributed by atoms with van der Waals surface area (Å²) in [7, 11) is 1.22. The van der Waals surface area contributed by atoms with Crippen LogP contribution >= 0.6 is 7.82 Å². The van der Waals surface area contributed by atoms with E-state index >= 15 is 0 Å². The summed E-state index contributed by atoms with van der Waals surface area (Å²) in [5.74, 6) is -0.220. The lowest BCUT2D eigenvalue weighted by Gasteiger charge is -2.29. The number of aliphatic hydroxyl groups excluding tert-OH is 1. The third kappa shape index (κ3) is 45.4. The molecule has 8 nitrogen and oxygen atoms in total. The van der Waals surface area contributed by atoms with E-state index in [1.807, 2.05) is 27.2 Å². The average Bonchev–Trinajstić information content (AvgIpc) is 3.23. The molecule has 1 amide bonds. The van der Waals surface area contributed by atoms with Gasteiger partial charge in [0.15, 0.2) is 0 Å². The largest absolute Gasteiger partial charge is 0.756 e. The molecule has 0 saturated carbocycles. The van der Waals surface area contributed by atoms with Gasteiger partial charge < -0.3 is 28.8 Å². The fourth-order valence-corrected chi connectivity index (χ4v) is 7.12. The highest BCUT2D eigenvalue weighted by atomic mass is 31.2. The third-order valence-corrected chi connectivity index (χ3v) is 11.2. The van der Waals surface area contributed by atoms with Gasteiger partial charge in [-0.25, -0.2) is 0 Å². The van der Waals surface area contributed by atoms with Crippen molar-refractivity contribution >= 4 is 13.7 Å². The van der Waals surface area contributed by atoms with E-state index in [0.717, 1.165) is 89.9 Å². The standard InChI is InChI=1S/C53H93N2O6P/c1-6-8-10-12-14-16-18-19-20-21-22-23-24-25-26-27-28-29-30-31-32-33-34-35-37-39-41-43-45-47-53(57)54-51(50-61-62(58,59)60-49-48-55(3,4)5)52(56)46-44-42-40-38-36-17-15-13-11-9-7-2/h8,10-11,13-14,16,19-20,22-23,25-26,36,38,44,46,51-52,56H,6-7,9,12,15,17-18,21,24,27-35,37,39-43,45,47-50H2,1-5H3,(H-,54,57,58,59)/b10-8-,13-11+,16-14-,20-19-,23-22-,26-25-,38-36+,46-44+. The van der Waals surface area contributed by atoms with Crippen molar-refractivity contribution in [2.24, 2.45) is 0 Å². The van der Waals surface area contributed by atoms with Crippen LogP contribution in [0.3, 0.4) is 0 Å². The summed E-state index contributed by atoms with van der Waals surface area (Å²) in [6.45, 7) is 4.40. The first-order valence-corrected chi connectivity index (χ1v) is 26.1. The third-order valence-electron chi connectivity index (χ3n) is 10.2. The Hall–Kier alpha value is -2.58. The van der Waals surface area contributed by atoms with Crippen LogP contribution in [0, 0.1) is 0 Å². The number of carbonyl (C=O) groups excluding carboxylic acids is 1. The summed E-state index contributed by atoms with van der Waals surface area (Å²) >= 11 is 0. The number of quaternary nitrogens is 1. The van der Waals surface area contributed by atoms with E-state index in [2.05, 4.69) is 104 Å². The Morgan fingerprint density at radius 3 is 1.48 bits per heavy atom. The predicted molar refractivity (Wildman–Crippen MR) is 265 cm³/mol. The fourth-order valence-electron chi connectivity index (χ4n) is 6.39. The molecule has 0 aromatic rings. The number of hydrogen-bond acceptors (Lipinski definition) is 6. The maximum absolute atomic E-state index is 12.9. The summed E-state index contributed by atoms with van der Waals surface area (Å²) < 4.78 is 23.2. The zero-order chi connectivity index (χ0) is 45.7. The molecular formula is C53H93N2O6P. The number of phosphoric acid groups is 1. The van der Waals surface area contributed by atoms with E-state index in [-0.39, 0.29) is 12.5 Å². The summed E-state index contributed by atoms with van der Waals surface area (Å²) in [6, 6.07) is -0.914. The monoisotopic (exact) mass is 885 g/mol. The van der Waals surface area contributed by atoms with E-state index < -0.39 is 26.6 Å². The zero-order valence-corrected chi connectivity index (χ0v) is 41.2. The van der Waals surface area contributed by atoms with Gasteiger partial charge in [-0.1, -0.05) is 188 Å². The molecule has 0 aliphatic heterocycles. The van der Waals surface area contributed by atoms with Gasteiger partial charge >= 0.3 is 0 Å². The highest BCUT2D eigenvalue weighted by Gasteiger charge is 2.23. The molecule has 62 heavy (non-hydrogen) atoms. The lowest BCUT2D eigenvalue weighted by Crippen LogP contribution is -2.45. The molecule has 3 unspecified atom stereocenters. The number of aliphatic hydroxyl groups is 1. The maximum Gasteiger partial charge on any atom is 0.268 e. The van der Waals surface area contributed by atoms with Gasteiger partial charge in [-0.05, 0) is 83.5 Å². The van der Waals surface area contributed by atoms with E-state index in [9.17, 15) is 19.4 Å². The Labute approximate surface area is 381 Å². The number of rotatable bonds is 43. The smallest absolute Gasteiger partial charge is 0.268 e. The van der Waals surface area contributed by atoms with Crippen LogP contribution in [0.5, 0.6) is 0 Å².